The Balaban J connectivity index is 2.27. The van der Waals surface area contributed by atoms with E-state index in [0.29, 0.717) is 0 Å². The van der Waals surface area contributed by atoms with Crippen LogP contribution in [0.1, 0.15) is 36.7 Å². The van der Waals surface area contributed by atoms with Gasteiger partial charge in [-0.05, 0) is 39.1 Å². The average Bonchev–Trinajstić information content (AvgIpc) is 2.85. The number of hydrogen-bond acceptors (Lipinski definition) is 3. The lowest BCUT2D eigenvalue weighted by molar-refractivity contribution is -0.00257. The monoisotopic (exact) mass is 259 g/mol. The average molecular weight is 260 g/mol. The quantitative estimate of drug-likeness (QED) is 0.900. The van der Waals surface area contributed by atoms with Crippen LogP contribution < -0.4 is 0 Å². The number of hydrogen-bond donors (Lipinski definition) is 1. The van der Waals surface area contributed by atoms with Gasteiger partial charge in [-0.25, -0.2) is 0 Å². The molecule has 1 aliphatic rings. The van der Waals surface area contributed by atoms with Crippen molar-refractivity contribution in [1.82, 2.24) is 4.90 Å². The lowest BCUT2D eigenvalue weighted by Gasteiger charge is -2.40. The number of rotatable bonds is 3. The van der Waals surface area contributed by atoms with Crippen molar-refractivity contribution in [3.05, 3.63) is 21.3 Å². The summed E-state index contributed by atoms with van der Waals surface area (Å²) in [5.41, 5.74) is -0.0891. The van der Waals surface area contributed by atoms with E-state index in [1.165, 1.54) is 24.2 Å². The van der Waals surface area contributed by atoms with E-state index >= 15 is 0 Å². The molecule has 1 heterocycles. The zero-order valence-corrected chi connectivity index (χ0v) is 11.3. The van der Waals surface area contributed by atoms with Crippen molar-refractivity contribution in [2.24, 2.45) is 0 Å². The van der Waals surface area contributed by atoms with Gasteiger partial charge in [-0.1, -0.05) is 24.4 Å². The summed E-state index contributed by atoms with van der Waals surface area (Å²) in [6.07, 6.45) is 4.12. The number of likely N-dealkylation sites (N-methyl/N-ethyl adjacent to an activating group) is 1. The van der Waals surface area contributed by atoms with E-state index in [9.17, 15) is 5.11 Å². The van der Waals surface area contributed by atoms with Crippen molar-refractivity contribution in [2.45, 2.75) is 37.3 Å². The maximum atomic E-state index is 10.6. The number of halogens is 1. The molecule has 2 nitrogen and oxygen atoms in total. The summed E-state index contributed by atoms with van der Waals surface area (Å²) in [4.78, 5) is 3.17. The van der Waals surface area contributed by atoms with Crippen molar-refractivity contribution < 1.29 is 5.11 Å². The molecule has 1 aliphatic carbocycles. The van der Waals surface area contributed by atoms with Crippen molar-refractivity contribution in [1.29, 1.82) is 0 Å². The van der Waals surface area contributed by atoms with Crippen LogP contribution in [-0.2, 0) is 0 Å². The van der Waals surface area contributed by atoms with Crippen molar-refractivity contribution in [3.63, 3.8) is 0 Å². The first-order chi connectivity index (χ1) is 7.56. The van der Waals surface area contributed by atoms with Gasteiger partial charge in [-0.15, -0.1) is 11.3 Å². The van der Waals surface area contributed by atoms with Crippen LogP contribution in [-0.4, -0.2) is 29.6 Å². The Kier molecular flexibility index (Phi) is 3.59. The minimum absolute atomic E-state index is 0.0891. The number of aliphatic hydroxyl groups excluding tert-OH is 1. The number of thiophene rings is 1. The van der Waals surface area contributed by atoms with E-state index in [2.05, 4.69) is 19.0 Å². The van der Waals surface area contributed by atoms with Gasteiger partial charge in [0.15, 0.2) is 0 Å². The lowest BCUT2D eigenvalue weighted by atomic mass is 9.88. The van der Waals surface area contributed by atoms with Gasteiger partial charge in [-0.3, -0.25) is 0 Å². The van der Waals surface area contributed by atoms with Crippen LogP contribution in [0.3, 0.4) is 0 Å². The minimum Gasteiger partial charge on any atom is -0.386 e. The molecule has 4 heteroatoms. The molecule has 0 radical (unpaired) electrons. The summed E-state index contributed by atoms with van der Waals surface area (Å²) in [6, 6.07) is 3.81. The van der Waals surface area contributed by atoms with Crippen LogP contribution in [0.5, 0.6) is 0 Å². The van der Waals surface area contributed by atoms with E-state index in [1.54, 1.807) is 0 Å². The highest BCUT2D eigenvalue weighted by Gasteiger charge is 2.43. The molecule has 0 saturated heterocycles. The molecule has 16 heavy (non-hydrogen) atoms. The van der Waals surface area contributed by atoms with Crippen LogP contribution in [0.15, 0.2) is 12.1 Å². The molecule has 1 atom stereocenters. The Bertz CT molecular complexity index is 358. The largest absolute Gasteiger partial charge is 0.386 e. The molecule has 1 unspecified atom stereocenters. The summed E-state index contributed by atoms with van der Waals surface area (Å²) in [7, 11) is 4.12. The highest BCUT2D eigenvalue weighted by molar-refractivity contribution is 7.16. The third-order valence-corrected chi connectivity index (χ3v) is 5.02. The molecule has 2 rings (SSSR count). The van der Waals surface area contributed by atoms with Gasteiger partial charge in [0.05, 0.1) is 9.88 Å². The molecule has 0 spiro atoms. The number of nitrogens with zero attached hydrogens (tertiary/aromatic N) is 1. The topological polar surface area (TPSA) is 23.5 Å². The first-order valence-electron chi connectivity index (χ1n) is 5.67. The van der Waals surface area contributed by atoms with E-state index in [0.717, 1.165) is 22.1 Å². The van der Waals surface area contributed by atoms with Crippen molar-refractivity contribution in [3.8, 4) is 0 Å². The Morgan fingerprint density at radius 2 is 2.00 bits per heavy atom. The first-order valence-corrected chi connectivity index (χ1v) is 6.86. The molecule has 0 aromatic carbocycles. The fourth-order valence-electron chi connectivity index (χ4n) is 2.69. The van der Waals surface area contributed by atoms with Gasteiger partial charge in [-0.2, -0.15) is 0 Å². The van der Waals surface area contributed by atoms with Gasteiger partial charge < -0.3 is 10.0 Å². The van der Waals surface area contributed by atoms with Crippen molar-refractivity contribution in [2.75, 3.05) is 14.1 Å². The minimum atomic E-state index is -0.414. The second kappa shape index (κ2) is 4.65. The highest BCUT2D eigenvalue weighted by Crippen LogP contribution is 2.45. The predicted molar refractivity (Wildman–Crippen MR) is 69.2 cm³/mol. The van der Waals surface area contributed by atoms with Gasteiger partial charge in [0.2, 0.25) is 0 Å². The summed E-state index contributed by atoms with van der Waals surface area (Å²) < 4.78 is 0.751. The predicted octanol–water partition coefficient (Wildman–Crippen LogP) is 3.31. The molecule has 1 fully saturated rings. The van der Waals surface area contributed by atoms with Gasteiger partial charge in [0.25, 0.3) is 0 Å². The first kappa shape index (κ1) is 12.4. The van der Waals surface area contributed by atoms with Crippen LogP contribution in [0.25, 0.3) is 0 Å². The van der Waals surface area contributed by atoms with Crippen LogP contribution in [0.2, 0.25) is 4.34 Å². The molecule has 1 saturated carbocycles. The summed E-state index contributed by atoms with van der Waals surface area (Å²) in [6.45, 7) is 0. The maximum absolute atomic E-state index is 10.6. The normalized spacial score (nSPS) is 21.6. The summed E-state index contributed by atoms with van der Waals surface area (Å²) in [5.74, 6) is 0. The lowest BCUT2D eigenvalue weighted by Crippen LogP contribution is -2.46. The molecule has 0 amide bonds. The SMILES string of the molecule is CN(C)C1(C(O)c2ccc(Cl)s2)CCCC1. The summed E-state index contributed by atoms with van der Waals surface area (Å²) >= 11 is 7.42. The molecule has 1 aromatic heterocycles. The Morgan fingerprint density at radius 3 is 2.44 bits per heavy atom. The standard InChI is InChI=1S/C12H18ClNOS/c1-14(2)12(7-3-4-8-12)11(15)9-5-6-10(13)16-9/h5-6,11,15H,3-4,7-8H2,1-2H3. The smallest absolute Gasteiger partial charge is 0.106 e. The Labute approximate surface area is 106 Å². The molecule has 1 N–H and O–H groups in total. The zero-order chi connectivity index (χ0) is 11.8. The molecule has 90 valence electrons. The van der Waals surface area contributed by atoms with E-state index < -0.39 is 6.10 Å². The molecular weight excluding hydrogens is 242 g/mol. The van der Waals surface area contributed by atoms with Crippen LogP contribution in [0, 0.1) is 0 Å². The van der Waals surface area contributed by atoms with E-state index in [4.69, 9.17) is 11.6 Å². The van der Waals surface area contributed by atoms with Gasteiger partial charge in [0, 0.05) is 4.88 Å². The highest BCUT2D eigenvalue weighted by atomic mass is 35.5. The Hall–Kier alpha value is -0.0900. The van der Waals surface area contributed by atoms with Gasteiger partial charge >= 0.3 is 0 Å². The summed E-state index contributed by atoms with van der Waals surface area (Å²) in [5, 5.41) is 10.6. The van der Waals surface area contributed by atoms with Crippen molar-refractivity contribution >= 4 is 22.9 Å². The van der Waals surface area contributed by atoms with E-state index in [-0.39, 0.29) is 5.54 Å². The van der Waals surface area contributed by atoms with Crippen LogP contribution >= 0.6 is 22.9 Å². The maximum Gasteiger partial charge on any atom is 0.106 e. The molecule has 0 bridgehead atoms. The molecular formula is C12H18ClNOS. The molecule has 1 aromatic rings. The van der Waals surface area contributed by atoms with Gasteiger partial charge in [0.1, 0.15) is 6.10 Å². The third-order valence-electron chi connectivity index (χ3n) is 3.73. The fourth-order valence-corrected chi connectivity index (χ4v) is 3.85. The zero-order valence-electron chi connectivity index (χ0n) is 9.74. The third kappa shape index (κ3) is 2.02. The number of aliphatic hydroxyl groups is 1. The second-order valence-electron chi connectivity index (χ2n) is 4.75. The Morgan fingerprint density at radius 1 is 1.38 bits per heavy atom. The fraction of sp³-hybridized carbons (Fsp3) is 0.667. The second-order valence-corrected chi connectivity index (χ2v) is 6.50. The van der Waals surface area contributed by atoms with E-state index in [1.807, 2.05) is 12.1 Å². The molecule has 0 aliphatic heterocycles. The van der Waals surface area contributed by atoms with Crippen LogP contribution in [0.4, 0.5) is 0 Å².